The number of rotatable bonds is 4. The molecule has 20 heavy (non-hydrogen) atoms. The molecule has 2 N–H and O–H groups in total. The van der Waals surface area contributed by atoms with Crippen molar-refractivity contribution in [3.8, 4) is 0 Å². The van der Waals surface area contributed by atoms with E-state index in [9.17, 15) is 4.79 Å². The summed E-state index contributed by atoms with van der Waals surface area (Å²) in [6, 6.07) is 7.83. The molecule has 0 aliphatic rings. The van der Waals surface area contributed by atoms with Crippen LogP contribution in [0, 0.1) is 0 Å². The number of hydrogen-bond donors (Lipinski definition) is 1. The number of carbonyl (C=O) groups excluding carboxylic acids is 1. The molecule has 1 aromatic heterocycles. The minimum absolute atomic E-state index is 0.127. The molecule has 0 saturated carbocycles. The van der Waals surface area contributed by atoms with Crippen LogP contribution in [0.15, 0.2) is 34.9 Å². The molecule has 0 atom stereocenters. The Morgan fingerprint density at radius 2 is 2.15 bits per heavy atom. The van der Waals surface area contributed by atoms with Crippen molar-refractivity contribution in [3.63, 3.8) is 0 Å². The first-order valence-electron chi connectivity index (χ1n) is 6.34. The predicted molar refractivity (Wildman–Crippen MR) is 82.3 cm³/mol. The van der Waals surface area contributed by atoms with Crippen molar-refractivity contribution in [2.75, 3.05) is 12.8 Å². The van der Waals surface area contributed by atoms with Crippen molar-refractivity contribution in [2.45, 2.75) is 20.0 Å². The molecule has 0 bridgehead atoms. The van der Waals surface area contributed by atoms with Gasteiger partial charge in [0.05, 0.1) is 11.9 Å². The molecule has 5 nitrogen and oxygen atoms in total. The second kappa shape index (κ2) is 6.09. The summed E-state index contributed by atoms with van der Waals surface area (Å²) in [5, 5.41) is 4.10. The average Bonchev–Trinajstić information content (AvgIpc) is 2.81. The highest BCUT2D eigenvalue weighted by Crippen LogP contribution is 2.19. The lowest BCUT2D eigenvalue weighted by atomic mass is 10.2. The maximum atomic E-state index is 12.5. The van der Waals surface area contributed by atoms with Crippen molar-refractivity contribution in [1.29, 1.82) is 0 Å². The van der Waals surface area contributed by atoms with Gasteiger partial charge >= 0.3 is 0 Å². The Bertz CT molecular complexity index is 623. The van der Waals surface area contributed by atoms with Crippen LogP contribution in [-0.2, 0) is 13.1 Å². The molecule has 0 aliphatic heterocycles. The summed E-state index contributed by atoms with van der Waals surface area (Å²) in [4.78, 5) is 14.1. The number of nitrogens with two attached hydrogens (primary N) is 1. The van der Waals surface area contributed by atoms with Crippen LogP contribution in [0.2, 0.25) is 0 Å². The zero-order valence-corrected chi connectivity index (χ0v) is 13.1. The number of aryl methyl sites for hydroxylation is 1. The molecule has 2 rings (SSSR count). The van der Waals surface area contributed by atoms with Gasteiger partial charge in [0.15, 0.2) is 0 Å². The molecular formula is C14H17BrN4O. The van der Waals surface area contributed by atoms with Crippen LogP contribution in [-0.4, -0.2) is 27.6 Å². The van der Waals surface area contributed by atoms with E-state index < -0.39 is 0 Å². The van der Waals surface area contributed by atoms with E-state index in [1.165, 1.54) is 6.20 Å². The molecule has 6 heteroatoms. The van der Waals surface area contributed by atoms with Gasteiger partial charge in [-0.15, -0.1) is 0 Å². The van der Waals surface area contributed by atoms with Crippen LogP contribution in [0.3, 0.4) is 0 Å². The van der Waals surface area contributed by atoms with Gasteiger partial charge in [0.1, 0.15) is 5.69 Å². The molecule has 0 aliphatic carbocycles. The number of benzene rings is 1. The van der Waals surface area contributed by atoms with Gasteiger partial charge < -0.3 is 10.6 Å². The molecule has 0 spiro atoms. The fourth-order valence-electron chi connectivity index (χ4n) is 2.01. The molecule has 0 radical (unpaired) electrons. The Kier molecular flexibility index (Phi) is 4.44. The van der Waals surface area contributed by atoms with Crippen molar-refractivity contribution in [2.24, 2.45) is 0 Å². The number of hydrogen-bond acceptors (Lipinski definition) is 3. The lowest BCUT2D eigenvalue weighted by Crippen LogP contribution is -2.29. The Labute approximate surface area is 126 Å². The summed E-state index contributed by atoms with van der Waals surface area (Å²) < 4.78 is 2.60. The SMILES string of the molecule is CCn1ncc(N)c1C(=O)N(C)Cc1ccccc1Br. The van der Waals surface area contributed by atoms with Crippen LogP contribution in [0.4, 0.5) is 5.69 Å². The Balaban J connectivity index is 2.21. The summed E-state index contributed by atoms with van der Waals surface area (Å²) in [5.41, 5.74) is 7.74. The molecule has 106 valence electrons. The van der Waals surface area contributed by atoms with Crippen LogP contribution < -0.4 is 5.73 Å². The van der Waals surface area contributed by atoms with Crippen molar-refractivity contribution < 1.29 is 4.79 Å². The maximum Gasteiger partial charge on any atom is 0.274 e. The summed E-state index contributed by atoms with van der Waals surface area (Å²) in [6.07, 6.45) is 1.52. The third-order valence-electron chi connectivity index (χ3n) is 3.08. The van der Waals surface area contributed by atoms with Crippen molar-refractivity contribution in [1.82, 2.24) is 14.7 Å². The lowest BCUT2D eigenvalue weighted by molar-refractivity contribution is 0.0773. The van der Waals surface area contributed by atoms with E-state index in [1.54, 1.807) is 16.6 Å². The van der Waals surface area contributed by atoms with Gasteiger partial charge in [0.2, 0.25) is 0 Å². The number of carbonyl (C=O) groups is 1. The van der Waals surface area contributed by atoms with E-state index in [0.29, 0.717) is 24.5 Å². The van der Waals surface area contributed by atoms with Crippen LogP contribution in [0.25, 0.3) is 0 Å². The molecule has 1 aromatic carbocycles. The highest BCUT2D eigenvalue weighted by molar-refractivity contribution is 9.10. The normalized spacial score (nSPS) is 10.6. The number of amides is 1. The van der Waals surface area contributed by atoms with Gasteiger partial charge in [0.25, 0.3) is 5.91 Å². The number of nitrogens with zero attached hydrogens (tertiary/aromatic N) is 3. The third-order valence-corrected chi connectivity index (χ3v) is 3.86. The zero-order valence-electron chi connectivity index (χ0n) is 11.5. The highest BCUT2D eigenvalue weighted by atomic mass is 79.9. The molecule has 1 amide bonds. The third kappa shape index (κ3) is 2.85. The molecular weight excluding hydrogens is 320 g/mol. The first-order valence-corrected chi connectivity index (χ1v) is 7.14. The molecule has 1 heterocycles. The van der Waals surface area contributed by atoms with Crippen LogP contribution >= 0.6 is 15.9 Å². The van der Waals surface area contributed by atoms with E-state index in [4.69, 9.17) is 5.73 Å². The molecule has 0 unspecified atom stereocenters. The van der Waals surface area contributed by atoms with Crippen LogP contribution in [0.1, 0.15) is 23.0 Å². The fraction of sp³-hybridized carbons (Fsp3) is 0.286. The van der Waals surface area contributed by atoms with Gasteiger partial charge in [-0.1, -0.05) is 34.1 Å². The predicted octanol–water partition coefficient (Wildman–Crippen LogP) is 2.52. The second-order valence-electron chi connectivity index (χ2n) is 4.52. The quantitative estimate of drug-likeness (QED) is 0.932. The minimum atomic E-state index is -0.127. The first-order chi connectivity index (χ1) is 9.54. The summed E-state index contributed by atoms with van der Waals surface area (Å²) >= 11 is 3.49. The van der Waals surface area contributed by atoms with Gasteiger partial charge in [0, 0.05) is 24.6 Å². The number of aromatic nitrogens is 2. The molecule has 0 fully saturated rings. The van der Waals surface area contributed by atoms with Crippen LogP contribution in [0.5, 0.6) is 0 Å². The minimum Gasteiger partial charge on any atom is -0.396 e. The second-order valence-corrected chi connectivity index (χ2v) is 5.37. The smallest absolute Gasteiger partial charge is 0.274 e. The van der Waals surface area contributed by atoms with Gasteiger partial charge in [-0.2, -0.15) is 5.10 Å². The van der Waals surface area contributed by atoms with Crippen molar-refractivity contribution in [3.05, 3.63) is 46.2 Å². The lowest BCUT2D eigenvalue weighted by Gasteiger charge is -2.19. The summed E-state index contributed by atoms with van der Waals surface area (Å²) in [6.45, 7) is 3.05. The number of anilines is 1. The van der Waals surface area contributed by atoms with E-state index in [-0.39, 0.29) is 5.91 Å². The van der Waals surface area contributed by atoms with Crippen molar-refractivity contribution >= 4 is 27.5 Å². The monoisotopic (exact) mass is 336 g/mol. The fourth-order valence-corrected chi connectivity index (χ4v) is 2.42. The largest absolute Gasteiger partial charge is 0.396 e. The van der Waals surface area contributed by atoms with E-state index >= 15 is 0 Å². The Morgan fingerprint density at radius 1 is 1.45 bits per heavy atom. The maximum absolute atomic E-state index is 12.5. The summed E-state index contributed by atoms with van der Waals surface area (Å²) in [7, 11) is 1.76. The molecule has 2 aromatic rings. The van der Waals surface area contributed by atoms with E-state index in [2.05, 4.69) is 21.0 Å². The number of nitrogen functional groups attached to an aromatic ring is 1. The van der Waals surface area contributed by atoms with Gasteiger partial charge in [-0.05, 0) is 18.6 Å². The Morgan fingerprint density at radius 3 is 2.80 bits per heavy atom. The Hall–Kier alpha value is -1.82. The van der Waals surface area contributed by atoms with E-state index in [0.717, 1.165) is 10.0 Å². The first kappa shape index (κ1) is 14.6. The topological polar surface area (TPSA) is 64.2 Å². The van der Waals surface area contributed by atoms with Gasteiger partial charge in [-0.25, -0.2) is 0 Å². The standard InChI is InChI=1S/C14H17BrN4O/c1-3-19-13(12(16)8-17-19)14(20)18(2)9-10-6-4-5-7-11(10)15/h4-8H,3,9,16H2,1-2H3. The highest BCUT2D eigenvalue weighted by Gasteiger charge is 2.20. The van der Waals surface area contributed by atoms with Gasteiger partial charge in [-0.3, -0.25) is 9.48 Å². The summed E-state index contributed by atoms with van der Waals surface area (Å²) in [5.74, 6) is -0.127. The number of halogens is 1. The zero-order chi connectivity index (χ0) is 14.7. The molecule has 0 saturated heterocycles. The van der Waals surface area contributed by atoms with E-state index in [1.807, 2.05) is 31.2 Å². The average molecular weight is 337 g/mol.